The first-order chi connectivity index (χ1) is 16.3. The lowest BCUT2D eigenvalue weighted by molar-refractivity contribution is -0.136. The Bertz CT molecular complexity index is 1390. The number of sulfonamides is 1. The van der Waals surface area contributed by atoms with Crippen molar-refractivity contribution in [2.24, 2.45) is 10.9 Å². The molecule has 5 N–H and O–H groups in total. The molecule has 4 rings (SSSR count). The van der Waals surface area contributed by atoms with Crippen LogP contribution >= 0.6 is 0 Å². The third kappa shape index (κ3) is 5.62. The van der Waals surface area contributed by atoms with Gasteiger partial charge in [0.05, 0.1) is 10.6 Å². The summed E-state index contributed by atoms with van der Waals surface area (Å²) in [6.07, 6.45) is 1.59. The average molecular weight is 476 g/mol. The minimum absolute atomic E-state index is 0.0123. The number of anilines is 2. The summed E-state index contributed by atoms with van der Waals surface area (Å²) in [6.45, 7) is 0. The molecule has 172 valence electrons. The van der Waals surface area contributed by atoms with Gasteiger partial charge in [-0.3, -0.25) is 0 Å². The topological polar surface area (TPSA) is 150 Å². The van der Waals surface area contributed by atoms with E-state index in [9.17, 15) is 13.2 Å². The van der Waals surface area contributed by atoms with Crippen molar-refractivity contribution in [3.63, 3.8) is 0 Å². The van der Waals surface area contributed by atoms with Crippen molar-refractivity contribution in [2.45, 2.75) is 10.9 Å². The highest BCUT2D eigenvalue weighted by Crippen LogP contribution is 2.24. The average Bonchev–Trinajstić information content (AvgIpc) is 2.84. The lowest BCUT2D eigenvalue weighted by Gasteiger charge is -2.12. The number of nitrogens with one attached hydrogen (secondary N) is 1. The van der Waals surface area contributed by atoms with E-state index in [1.165, 1.54) is 12.1 Å². The fourth-order valence-electron chi connectivity index (χ4n) is 3.11. The number of benzene rings is 3. The van der Waals surface area contributed by atoms with Gasteiger partial charge >= 0.3 is 5.97 Å². The molecule has 1 aromatic heterocycles. The second-order valence-corrected chi connectivity index (χ2v) is 8.86. The first-order valence-corrected chi connectivity index (χ1v) is 11.7. The lowest BCUT2D eigenvalue weighted by atomic mass is 10.1. The Kier molecular flexibility index (Phi) is 6.64. The first kappa shape index (κ1) is 23.1. The number of nitrogens with zero attached hydrogens (tertiary/aromatic N) is 2. The number of nitrogens with two attached hydrogens (primary N) is 2. The molecule has 0 bridgehead atoms. The van der Waals surface area contributed by atoms with Gasteiger partial charge in [0, 0.05) is 17.4 Å². The fraction of sp³-hybridized carbons (Fsp3) is 0.0417. The van der Waals surface area contributed by atoms with Crippen molar-refractivity contribution in [1.82, 2.24) is 9.97 Å². The molecule has 0 saturated heterocycles. The maximum absolute atomic E-state index is 12.3. The molecule has 34 heavy (non-hydrogen) atoms. The van der Waals surface area contributed by atoms with Crippen molar-refractivity contribution in [2.75, 3.05) is 5.32 Å². The molecular formula is C24H21N5O4S. The van der Waals surface area contributed by atoms with Crippen LogP contribution in [0, 0.1) is 0 Å². The van der Waals surface area contributed by atoms with Crippen LogP contribution in [0.4, 0.5) is 11.6 Å². The van der Waals surface area contributed by atoms with E-state index in [-0.39, 0.29) is 4.90 Å². The minimum Gasteiger partial charge on any atom is -0.425 e. The van der Waals surface area contributed by atoms with Crippen molar-refractivity contribution >= 4 is 27.6 Å². The van der Waals surface area contributed by atoms with Gasteiger partial charge < -0.3 is 15.8 Å². The van der Waals surface area contributed by atoms with Crippen molar-refractivity contribution < 1.29 is 17.9 Å². The molecule has 0 fully saturated rings. The molecule has 0 radical (unpaired) electrons. The third-order valence-corrected chi connectivity index (χ3v) is 5.80. The summed E-state index contributed by atoms with van der Waals surface area (Å²) in [6, 6.07) is 22.6. The summed E-state index contributed by atoms with van der Waals surface area (Å²) in [7, 11) is -3.76. The summed E-state index contributed by atoms with van der Waals surface area (Å²) in [5.74, 6) is 0.133. The van der Waals surface area contributed by atoms with Crippen LogP contribution in [0.25, 0.3) is 11.3 Å². The molecule has 0 aliphatic rings. The molecule has 10 heteroatoms. The van der Waals surface area contributed by atoms with Gasteiger partial charge in [-0.1, -0.05) is 30.3 Å². The molecule has 0 amide bonds. The molecule has 0 aliphatic heterocycles. The van der Waals surface area contributed by atoms with Gasteiger partial charge in [-0.2, -0.15) is 0 Å². The third-order valence-electron chi connectivity index (χ3n) is 4.88. The molecule has 1 atom stereocenters. The van der Waals surface area contributed by atoms with Crippen LogP contribution < -0.4 is 20.9 Å². The van der Waals surface area contributed by atoms with Gasteiger partial charge in [0.15, 0.2) is 0 Å². The Hall–Kier alpha value is -4.12. The van der Waals surface area contributed by atoms with Crippen LogP contribution in [0.15, 0.2) is 96.0 Å². The number of aromatic nitrogens is 2. The van der Waals surface area contributed by atoms with Gasteiger partial charge in [0.1, 0.15) is 11.8 Å². The number of carbonyl (C=O) groups is 1. The largest absolute Gasteiger partial charge is 0.425 e. The fourth-order valence-corrected chi connectivity index (χ4v) is 3.62. The Morgan fingerprint density at radius 1 is 0.912 bits per heavy atom. The molecule has 3 aromatic carbocycles. The van der Waals surface area contributed by atoms with Crippen molar-refractivity contribution in [3.8, 4) is 17.0 Å². The van der Waals surface area contributed by atoms with E-state index in [1.54, 1.807) is 60.8 Å². The molecule has 0 aliphatic carbocycles. The Morgan fingerprint density at radius 3 is 2.24 bits per heavy atom. The summed E-state index contributed by atoms with van der Waals surface area (Å²) in [5.41, 5.74) is 8.67. The summed E-state index contributed by atoms with van der Waals surface area (Å²) in [4.78, 5) is 21.0. The van der Waals surface area contributed by atoms with Gasteiger partial charge in [-0.25, -0.2) is 28.3 Å². The number of rotatable bonds is 7. The number of hydrogen-bond acceptors (Lipinski definition) is 8. The van der Waals surface area contributed by atoms with E-state index in [1.807, 2.05) is 18.2 Å². The summed E-state index contributed by atoms with van der Waals surface area (Å²) in [5, 5.41) is 8.13. The van der Waals surface area contributed by atoms with Crippen LogP contribution in [-0.2, 0) is 14.8 Å². The Balaban J connectivity index is 1.44. The van der Waals surface area contributed by atoms with Gasteiger partial charge in [-0.15, -0.1) is 0 Å². The standard InChI is InChI=1S/C24H21N5O4S/c25-22(17-4-2-1-3-5-17)23(30)33-19-10-6-16(7-11-19)21-14-15-27-24(29-21)28-18-8-12-20(13-9-18)34(26,31)32/h1-15,22H,25H2,(H2,26,31,32)(H,27,28,29)/t22-/m1/s1. The van der Waals surface area contributed by atoms with E-state index in [2.05, 4.69) is 15.3 Å². The molecule has 0 saturated carbocycles. The van der Waals surface area contributed by atoms with E-state index in [4.69, 9.17) is 15.6 Å². The van der Waals surface area contributed by atoms with Gasteiger partial charge in [0.2, 0.25) is 16.0 Å². The van der Waals surface area contributed by atoms with Crippen LogP contribution in [0.1, 0.15) is 11.6 Å². The first-order valence-electron chi connectivity index (χ1n) is 10.2. The van der Waals surface area contributed by atoms with E-state index in [0.29, 0.717) is 28.6 Å². The maximum Gasteiger partial charge on any atom is 0.332 e. The van der Waals surface area contributed by atoms with Gasteiger partial charge in [0.25, 0.3) is 0 Å². The summed E-state index contributed by atoms with van der Waals surface area (Å²) < 4.78 is 28.2. The quantitative estimate of drug-likeness (QED) is 0.272. The molecule has 4 aromatic rings. The van der Waals surface area contributed by atoms with E-state index in [0.717, 1.165) is 5.56 Å². The highest BCUT2D eigenvalue weighted by molar-refractivity contribution is 7.89. The molecular weight excluding hydrogens is 454 g/mol. The smallest absolute Gasteiger partial charge is 0.332 e. The van der Waals surface area contributed by atoms with E-state index < -0.39 is 22.0 Å². The highest BCUT2D eigenvalue weighted by Gasteiger charge is 2.18. The number of ether oxygens (including phenoxy) is 1. The zero-order chi connectivity index (χ0) is 24.1. The Labute approximate surface area is 196 Å². The van der Waals surface area contributed by atoms with E-state index >= 15 is 0 Å². The number of primary sulfonamides is 1. The zero-order valence-electron chi connectivity index (χ0n) is 17.8. The minimum atomic E-state index is -3.76. The maximum atomic E-state index is 12.3. The molecule has 0 unspecified atom stereocenters. The molecule has 0 spiro atoms. The highest BCUT2D eigenvalue weighted by atomic mass is 32.2. The van der Waals surface area contributed by atoms with Gasteiger partial charge in [-0.05, 0) is 60.2 Å². The van der Waals surface area contributed by atoms with Crippen LogP contribution in [0.2, 0.25) is 0 Å². The normalized spacial score (nSPS) is 12.1. The second kappa shape index (κ2) is 9.79. The second-order valence-electron chi connectivity index (χ2n) is 7.29. The van der Waals surface area contributed by atoms with Crippen LogP contribution in [0.3, 0.4) is 0 Å². The number of esters is 1. The van der Waals surface area contributed by atoms with Crippen LogP contribution in [-0.4, -0.2) is 24.4 Å². The summed E-state index contributed by atoms with van der Waals surface area (Å²) >= 11 is 0. The lowest BCUT2D eigenvalue weighted by Crippen LogP contribution is -2.25. The monoisotopic (exact) mass is 475 g/mol. The number of hydrogen-bond donors (Lipinski definition) is 3. The number of carbonyl (C=O) groups excluding carboxylic acids is 1. The molecule has 9 nitrogen and oxygen atoms in total. The Morgan fingerprint density at radius 2 is 1.59 bits per heavy atom. The van der Waals surface area contributed by atoms with Crippen LogP contribution in [0.5, 0.6) is 5.75 Å². The SMILES string of the molecule is N[C@@H](C(=O)Oc1ccc(-c2ccnc(Nc3ccc(S(N)(=O)=O)cc3)n2)cc1)c1ccccc1. The zero-order valence-corrected chi connectivity index (χ0v) is 18.6. The molecule has 1 heterocycles. The predicted molar refractivity (Wildman–Crippen MR) is 128 cm³/mol. The van der Waals surface area contributed by atoms with Crippen molar-refractivity contribution in [1.29, 1.82) is 0 Å². The van der Waals surface area contributed by atoms with Crippen molar-refractivity contribution in [3.05, 3.63) is 96.7 Å². The predicted octanol–water partition coefficient (Wildman–Crippen LogP) is 3.14.